The molecule has 0 radical (unpaired) electrons. The fourth-order valence-corrected chi connectivity index (χ4v) is 3.75. The molecule has 0 N–H and O–H groups in total. The maximum Gasteiger partial charge on any atom is 0.494 e. The van der Waals surface area contributed by atoms with E-state index in [1.807, 2.05) is 6.92 Å². The van der Waals surface area contributed by atoms with Crippen molar-refractivity contribution < 1.29 is 13.7 Å². The number of aromatic nitrogens is 2. The molecule has 1 aromatic heterocycles. The number of nitrogens with zero attached hydrogens (tertiary/aromatic N) is 4. The molecule has 0 spiro atoms. The van der Waals surface area contributed by atoms with Crippen molar-refractivity contribution in [2.45, 2.75) is 58.8 Å². The molecule has 29 heavy (non-hydrogen) atoms. The highest BCUT2D eigenvalue weighted by Gasteiger charge is 2.51. The van der Waals surface area contributed by atoms with Crippen molar-refractivity contribution >= 4 is 18.6 Å². The molecular formula is C21H31BN4O3. The molecule has 0 amide bonds. The van der Waals surface area contributed by atoms with Gasteiger partial charge in [-0.2, -0.15) is 0 Å². The van der Waals surface area contributed by atoms with Gasteiger partial charge in [-0.05, 0) is 45.1 Å². The van der Waals surface area contributed by atoms with Crippen molar-refractivity contribution in [1.82, 2.24) is 15.1 Å². The summed E-state index contributed by atoms with van der Waals surface area (Å²) in [6.07, 6.45) is 1.08. The van der Waals surface area contributed by atoms with Crippen LogP contribution in [0.3, 0.4) is 0 Å². The van der Waals surface area contributed by atoms with Gasteiger partial charge in [0.05, 0.1) is 11.2 Å². The van der Waals surface area contributed by atoms with Gasteiger partial charge in [0.2, 0.25) is 5.89 Å². The number of rotatable bonds is 4. The van der Waals surface area contributed by atoms with Crippen molar-refractivity contribution in [3.05, 3.63) is 35.7 Å². The standard InChI is InChI=1S/C21H31BN4O3/c1-16-23-24-19(27-16)26-12-6-11-25(13-14-26)15-17-7-9-18(10-8-17)22-28-20(2,3)21(4,5)29-22/h7-10H,6,11-15H2,1-5H3. The van der Waals surface area contributed by atoms with Crippen LogP contribution in [-0.2, 0) is 15.9 Å². The van der Waals surface area contributed by atoms with Crippen molar-refractivity contribution in [3.63, 3.8) is 0 Å². The van der Waals surface area contributed by atoms with E-state index in [2.05, 4.69) is 72.0 Å². The van der Waals surface area contributed by atoms with Gasteiger partial charge in [-0.3, -0.25) is 4.90 Å². The zero-order valence-corrected chi connectivity index (χ0v) is 18.1. The summed E-state index contributed by atoms with van der Waals surface area (Å²) in [4.78, 5) is 4.66. The Labute approximate surface area is 173 Å². The van der Waals surface area contributed by atoms with E-state index in [0.717, 1.165) is 44.6 Å². The molecule has 0 unspecified atom stereocenters. The smallest absolute Gasteiger partial charge is 0.408 e. The predicted molar refractivity (Wildman–Crippen MR) is 113 cm³/mol. The van der Waals surface area contributed by atoms with E-state index < -0.39 is 0 Å². The van der Waals surface area contributed by atoms with Gasteiger partial charge in [0, 0.05) is 39.6 Å². The van der Waals surface area contributed by atoms with Crippen LogP contribution in [0.4, 0.5) is 6.01 Å². The SMILES string of the molecule is Cc1nnc(N2CCCN(Cc3ccc(B4OC(C)(C)C(C)(C)O4)cc3)CC2)o1. The first-order valence-electron chi connectivity index (χ1n) is 10.5. The molecule has 4 rings (SSSR count). The minimum absolute atomic E-state index is 0.307. The molecule has 2 fully saturated rings. The van der Waals surface area contributed by atoms with Crippen molar-refractivity contribution in [2.24, 2.45) is 0 Å². The van der Waals surface area contributed by atoms with Crippen molar-refractivity contribution in [1.29, 1.82) is 0 Å². The van der Waals surface area contributed by atoms with E-state index in [-0.39, 0.29) is 18.3 Å². The summed E-state index contributed by atoms with van der Waals surface area (Å²) in [6.45, 7) is 15.0. The van der Waals surface area contributed by atoms with Crippen LogP contribution in [0.15, 0.2) is 28.7 Å². The average molecular weight is 398 g/mol. The molecule has 7 nitrogen and oxygen atoms in total. The summed E-state index contributed by atoms with van der Waals surface area (Å²) in [5.41, 5.74) is 1.74. The molecule has 0 saturated carbocycles. The molecule has 3 heterocycles. The lowest BCUT2D eigenvalue weighted by Gasteiger charge is -2.32. The first kappa shape index (κ1) is 20.4. The molecule has 2 aliphatic heterocycles. The van der Waals surface area contributed by atoms with Crippen LogP contribution in [0.2, 0.25) is 0 Å². The molecule has 0 atom stereocenters. The minimum atomic E-state index is -0.314. The Kier molecular flexibility index (Phi) is 5.44. The maximum absolute atomic E-state index is 6.15. The highest BCUT2D eigenvalue weighted by Crippen LogP contribution is 2.36. The molecule has 156 valence electrons. The summed E-state index contributed by atoms with van der Waals surface area (Å²) in [7, 11) is -0.307. The highest BCUT2D eigenvalue weighted by atomic mass is 16.7. The molecule has 2 aliphatic rings. The Balaban J connectivity index is 1.34. The first-order chi connectivity index (χ1) is 13.7. The summed E-state index contributed by atoms with van der Waals surface area (Å²) < 4.78 is 17.9. The van der Waals surface area contributed by atoms with E-state index >= 15 is 0 Å². The first-order valence-corrected chi connectivity index (χ1v) is 10.5. The quantitative estimate of drug-likeness (QED) is 0.733. The lowest BCUT2D eigenvalue weighted by molar-refractivity contribution is 0.00578. The molecular weight excluding hydrogens is 367 g/mol. The van der Waals surface area contributed by atoms with Crippen LogP contribution in [0.5, 0.6) is 0 Å². The third kappa shape index (κ3) is 4.34. The minimum Gasteiger partial charge on any atom is -0.408 e. The zero-order chi connectivity index (χ0) is 20.6. The van der Waals surface area contributed by atoms with Gasteiger partial charge in [0.1, 0.15) is 0 Å². The van der Waals surface area contributed by atoms with E-state index in [1.165, 1.54) is 5.56 Å². The van der Waals surface area contributed by atoms with Crippen LogP contribution in [0, 0.1) is 6.92 Å². The number of hydrogen-bond donors (Lipinski definition) is 0. The van der Waals surface area contributed by atoms with Crippen molar-refractivity contribution in [2.75, 3.05) is 31.1 Å². The third-order valence-corrected chi connectivity index (χ3v) is 6.29. The Hall–Kier alpha value is -1.90. The fraction of sp³-hybridized carbons (Fsp3) is 0.619. The predicted octanol–water partition coefficient (Wildman–Crippen LogP) is 2.39. The zero-order valence-electron chi connectivity index (χ0n) is 18.1. The second-order valence-corrected chi connectivity index (χ2v) is 9.05. The molecule has 0 bridgehead atoms. The lowest BCUT2D eigenvalue weighted by Crippen LogP contribution is -2.41. The van der Waals surface area contributed by atoms with Gasteiger partial charge in [-0.1, -0.05) is 29.4 Å². The summed E-state index contributed by atoms with van der Waals surface area (Å²) in [5.74, 6) is 0.614. The monoisotopic (exact) mass is 398 g/mol. The molecule has 2 aromatic rings. The van der Waals surface area contributed by atoms with E-state index in [4.69, 9.17) is 13.7 Å². The van der Waals surface area contributed by atoms with Crippen molar-refractivity contribution in [3.8, 4) is 0 Å². The average Bonchev–Trinajstić information content (AvgIpc) is 3.07. The topological polar surface area (TPSA) is 63.9 Å². The molecule has 8 heteroatoms. The Bertz CT molecular complexity index is 821. The van der Waals surface area contributed by atoms with Crippen LogP contribution in [0.25, 0.3) is 0 Å². The summed E-state index contributed by atoms with van der Waals surface area (Å²) >= 11 is 0. The fourth-order valence-electron chi connectivity index (χ4n) is 3.75. The Morgan fingerprint density at radius 2 is 1.62 bits per heavy atom. The normalized spacial score (nSPS) is 22.1. The molecule has 2 saturated heterocycles. The number of hydrogen-bond acceptors (Lipinski definition) is 7. The Morgan fingerprint density at radius 3 is 2.24 bits per heavy atom. The van der Waals surface area contributed by atoms with Gasteiger partial charge in [0.25, 0.3) is 0 Å². The second-order valence-electron chi connectivity index (χ2n) is 9.05. The van der Waals surface area contributed by atoms with Gasteiger partial charge >= 0.3 is 13.1 Å². The van der Waals surface area contributed by atoms with Crippen LogP contribution < -0.4 is 10.4 Å². The number of anilines is 1. The third-order valence-electron chi connectivity index (χ3n) is 6.29. The molecule has 0 aliphatic carbocycles. The Morgan fingerprint density at radius 1 is 0.931 bits per heavy atom. The molecule has 1 aromatic carbocycles. The highest BCUT2D eigenvalue weighted by molar-refractivity contribution is 6.62. The number of benzene rings is 1. The maximum atomic E-state index is 6.15. The van der Waals surface area contributed by atoms with Crippen LogP contribution in [-0.4, -0.2) is 59.6 Å². The van der Waals surface area contributed by atoms with Crippen LogP contribution in [0.1, 0.15) is 45.6 Å². The van der Waals surface area contributed by atoms with Gasteiger partial charge < -0.3 is 18.6 Å². The van der Waals surface area contributed by atoms with E-state index in [9.17, 15) is 0 Å². The van der Waals surface area contributed by atoms with Gasteiger partial charge in [-0.25, -0.2) is 0 Å². The lowest BCUT2D eigenvalue weighted by atomic mass is 9.79. The second kappa shape index (κ2) is 7.74. The van der Waals surface area contributed by atoms with Gasteiger partial charge in [-0.15, -0.1) is 5.10 Å². The summed E-state index contributed by atoms with van der Waals surface area (Å²) in [5, 5.41) is 8.10. The number of aryl methyl sites for hydroxylation is 1. The van der Waals surface area contributed by atoms with Gasteiger partial charge in [0.15, 0.2) is 0 Å². The van der Waals surface area contributed by atoms with E-state index in [0.29, 0.717) is 11.9 Å². The largest absolute Gasteiger partial charge is 0.494 e. The summed E-state index contributed by atoms with van der Waals surface area (Å²) in [6, 6.07) is 9.26. The van der Waals surface area contributed by atoms with Crippen LogP contribution >= 0.6 is 0 Å². The van der Waals surface area contributed by atoms with E-state index in [1.54, 1.807) is 0 Å².